The number of carbonyl (C=O) groups excluding carboxylic acids is 3. The van der Waals surface area contributed by atoms with Gasteiger partial charge in [-0.05, 0) is 29.8 Å². The molecule has 9 nitrogen and oxygen atoms in total. The van der Waals surface area contributed by atoms with Crippen molar-refractivity contribution in [3.63, 3.8) is 0 Å². The molecule has 0 unspecified atom stereocenters. The Hall–Kier alpha value is -4.05. The van der Waals surface area contributed by atoms with Gasteiger partial charge in [-0.3, -0.25) is 9.59 Å². The van der Waals surface area contributed by atoms with Crippen LogP contribution in [0.5, 0.6) is 11.5 Å². The topological polar surface area (TPSA) is 107 Å². The number of nitrogens with zero attached hydrogens (tertiary/aromatic N) is 2. The zero-order valence-corrected chi connectivity index (χ0v) is 19.7. The first kappa shape index (κ1) is 24.1. The van der Waals surface area contributed by atoms with Crippen LogP contribution >= 0.6 is 11.8 Å². The number of likely N-dealkylation sites (N-methyl/N-ethyl adjacent to an activating group) is 1. The van der Waals surface area contributed by atoms with E-state index in [1.54, 1.807) is 37.4 Å². The third-order valence-corrected chi connectivity index (χ3v) is 6.01. The SMILES string of the molecule is CN(Cc1ccccc1)C(=O)COC(=O)c1cccnc1SCC(=O)Nc1ccc2c(c1)OCO2. The largest absolute Gasteiger partial charge is 0.454 e. The average molecular weight is 494 g/mol. The van der Waals surface area contributed by atoms with E-state index in [2.05, 4.69) is 10.3 Å². The highest BCUT2D eigenvalue weighted by Crippen LogP contribution is 2.34. The van der Waals surface area contributed by atoms with Crippen molar-refractivity contribution in [2.24, 2.45) is 0 Å². The molecule has 0 saturated carbocycles. The zero-order valence-electron chi connectivity index (χ0n) is 18.9. The summed E-state index contributed by atoms with van der Waals surface area (Å²) < 4.78 is 15.8. The highest BCUT2D eigenvalue weighted by molar-refractivity contribution is 8.00. The van der Waals surface area contributed by atoms with Gasteiger partial charge in [0.1, 0.15) is 5.03 Å². The van der Waals surface area contributed by atoms with Crippen LogP contribution in [-0.2, 0) is 20.9 Å². The van der Waals surface area contributed by atoms with Gasteiger partial charge in [0.05, 0.1) is 11.3 Å². The summed E-state index contributed by atoms with van der Waals surface area (Å²) in [4.78, 5) is 43.1. The van der Waals surface area contributed by atoms with Gasteiger partial charge in [-0.2, -0.15) is 0 Å². The summed E-state index contributed by atoms with van der Waals surface area (Å²) in [5.41, 5.74) is 1.73. The third-order valence-electron chi connectivity index (χ3n) is 5.00. The van der Waals surface area contributed by atoms with Crippen LogP contribution in [0.2, 0.25) is 0 Å². The van der Waals surface area contributed by atoms with Crippen LogP contribution in [-0.4, -0.2) is 53.9 Å². The van der Waals surface area contributed by atoms with Crippen LogP contribution in [0.1, 0.15) is 15.9 Å². The van der Waals surface area contributed by atoms with Gasteiger partial charge < -0.3 is 24.4 Å². The van der Waals surface area contributed by atoms with Gasteiger partial charge in [0, 0.05) is 31.5 Å². The Kier molecular flexibility index (Phi) is 7.84. The van der Waals surface area contributed by atoms with Crippen molar-refractivity contribution in [3.05, 3.63) is 78.0 Å². The lowest BCUT2D eigenvalue weighted by Gasteiger charge is -2.17. The maximum Gasteiger partial charge on any atom is 0.341 e. The smallest absolute Gasteiger partial charge is 0.341 e. The molecule has 0 saturated heterocycles. The van der Waals surface area contributed by atoms with Gasteiger partial charge in [-0.25, -0.2) is 9.78 Å². The lowest BCUT2D eigenvalue weighted by Crippen LogP contribution is -2.30. The Morgan fingerprint density at radius 2 is 1.86 bits per heavy atom. The highest BCUT2D eigenvalue weighted by atomic mass is 32.2. The monoisotopic (exact) mass is 493 g/mol. The molecule has 0 aliphatic carbocycles. The van der Waals surface area contributed by atoms with Gasteiger partial charge in [0.25, 0.3) is 5.91 Å². The lowest BCUT2D eigenvalue weighted by atomic mass is 10.2. The Balaban J connectivity index is 1.28. The van der Waals surface area contributed by atoms with E-state index >= 15 is 0 Å². The fourth-order valence-corrected chi connectivity index (χ4v) is 4.01. The van der Waals surface area contributed by atoms with Crippen molar-refractivity contribution in [1.29, 1.82) is 0 Å². The molecule has 1 N–H and O–H groups in total. The highest BCUT2D eigenvalue weighted by Gasteiger charge is 2.19. The Morgan fingerprint density at radius 1 is 1.06 bits per heavy atom. The molecule has 2 heterocycles. The summed E-state index contributed by atoms with van der Waals surface area (Å²) in [6.07, 6.45) is 1.52. The molecule has 2 amide bonds. The summed E-state index contributed by atoms with van der Waals surface area (Å²) in [5.74, 6) is -0.0871. The minimum Gasteiger partial charge on any atom is -0.454 e. The first-order valence-electron chi connectivity index (χ1n) is 10.7. The zero-order chi connectivity index (χ0) is 24.6. The number of nitrogens with one attached hydrogen (secondary N) is 1. The standard InChI is InChI=1S/C25H23N3O6S/c1-28(13-17-6-3-2-4-7-17)23(30)14-32-25(31)19-8-5-11-26-24(19)35-15-22(29)27-18-9-10-20-21(12-18)34-16-33-20/h2-12H,13-16H2,1H3,(H,27,29). The van der Waals surface area contributed by atoms with E-state index in [9.17, 15) is 14.4 Å². The summed E-state index contributed by atoms with van der Waals surface area (Å²) in [5, 5.41) is 3.11. The quantitative estimate of drug-likeness (QED) is 0.357. The fourth-order valence-electron chi connectivity index (χ4n) is 3.23. The van der Waals surface area contributed by atoms with Crippen LogP contribution < -0.4 is 14.8 Å². The summed E-state index contributed by atoms with van der Waals surface area (Å²) in [6.45, 7) is 0.158. The number of anilines is 1. The molecule has 180 valence electrons. The minimum absolute atomic E-state index is 0.0183. The minimum atomic E-state index is -0.682. The van der Waals surface area contributed by atoms with E-state index in [-0.39, 0.29) is 29.9 Å². The molecule has 35 heavy (non-hydrogen) atoms. The number of amides is 2. The van der Waals surface area contributed by atoms with Crippen molar-refractivity contribution >= 4 is 35.2 Å². The van der Waals surface area contributed by atoms with Gasteiger partial charge in [-0.1, -0.05) is 42.1 Å². The predicted molar refractivity (Wildman–Crippen MR) is 129 cm³/mol. The number of aromatic nitrogens is 1. The van der Waals surface area contributed by atoms with E-state index < -0.39 is 12.6 Å². The molecule has 10 heteroatoms. The third kappa shape index (κ3) is 6.51. The number of fused-ring (bicyclic) bond motifs is 1. The molecule has 0 radical (unpaired) electrons. The van der Waals surface area contributed by atoms with E-state index in [4.69, 9.17) is 14.2 Å². The number of pyridine rings is 1. The lowest BCUT2D eigenvalue weighted by molar-refractivity contribution is -0.133. The van der Waals surface area contributed by atoms with Gasteiger partial charge in [0.15, 0.2) is 18.1 Å². The van der Waals surface area contributed by atoms with E-state index in [0.29, 0.717) is 28.8 Å². The van der Waals surface area contributed by atoms with E-state index in [1.807, 2.05) is 30.3 Å². The molecular weight excluding hydrogens is 470 g/mol. The van der Waals surface area contributed by atoms with Gasteiger partial charge >= 0.3 is 5.97 Å². The first-order valence-corrected chi connectivity index (χ1v) is 11.7. The van der Waals surface area contributed by atoms with Crippen molar-refractivity contribution in [2.75, 3.05) is 31.5 Å². The number of esters is 1. The maximum absolute atomic E-state index is 12.6. The molecule has 4 rings (SSSR count). The van der Waals surface area contributed by atoms with Crippen LogP contribution in [0.4, 0.5) is 5.69 Å². The molecule has 3 aromatic rings. The van der Waals surface area contributed by atoms with E-state index in [1.165, 1.54) is 11.1 Å². The maximum atomic E-state index is 12.6. The van der Waals surface area contributed by atoms with Crippen molar-refractivity contribution in [1.82, 2.24) is 9.88 Å². The Bertz CT molecular complexity index is 1220. The first-order chi connectivity index (χ1) is 17.0. The van der Waals surface area contributed by atoms with Crippen LogP contribution in [0.3, 0.4) is 0 Å². The molecule has 0 bridgehead atoms. The van der Waals surface area contributed by atoms with Gasteiger partial charge in [0.2, 0.25) is 12.7 Å². The Morgan fingerprint density at radius 3 is 2.69 bits per heavy atom. The Labute approximate surface area is 206 Å². The molecular formula is C25H23N3O6S. The van der Waals surface area contributed by atoms with Crippen LogP contribution in [0.25, 0.3) is 0 Å². The molecule has 2 aromatic carbocycles. The van der Waals surface area contributed by atoms with Crippen molar-refractivity contribution < 1.29 is 28.6 Å². The average Bonchev–Trinajstić information content (AvgIpc) is 3.34. The van der Waals surface area contributed by atoms with Crippen molar-refractivity contribution in [2.45, 2.75) is 11.6 Å². The molecule has 0 spiro atoms. The van der Waals surface area contributed by atoms with Crippen LogP contribution in [0, 0.1) is 0 Å². The second kappa shape index (κ2) is 11.4. The number of rotatable bonds is 9. The molecule has 1 aromatic heterocycles. The molecule has 0 fully saturated rings. The van der Waals surface area contributed by atoms with Crippen molar-refractivity contribution in [3.8, 4) is 11.5 Å². The summed E-state index contributed by atoms with van der Waals surface area (Å²) in [7, 11) is 1.65. The second-order valence-corrected chi connectivity index (χ2v) is 8.54. The number of carbonyl (C=O) groups is 3. The number of hydrogen-bond donors (Lipinski definition) is 1. The summed E-state index contributed by atoms with van der Waals surface area (Å²) >= 11 is 1.10. The predicted octanol–water partition coefficient (Wildman–Crippen LogP) is 3.36. The number of benzene rings is 2. The van der Waals surface area contributed by atoms with E-state index in [0.717, 1.165) is 17.3 Å². The molecule has 1 aliphatic heterocycles. The second-order valence-electron chi connectivity index (χ2n) is 7.57. The fraction of sp³-hybridized carbons (Fsp3) is 0.200. The normalized spacial score (nSPS) is 11.6. The molecule has 0 atom stereocenters. The number of hydrogen-bond acceptors (Lipinski definition) is 8. The number of ether oxygens (including phenoxy) is 3. The van der Waals surface area contributed by atoms with Crippen LogP contribution in [0.15, 0.2) is 71.9 Å². The summed E-state index contributed by atoms with van der Waals surface area (Å²) in [6, 6.07) is 17.8. The molecule has 1 aliphatic rings. The van der Waals surface area contributed by atoms with Gasteiger partial charge in [-0.15, -0.1) is 0 Å². The number of thioether (sulfide) groups is 1.